The summed E-state index contributed by atoms with van der Waals surface area (Å²) >= 11 is 0. The van der Waals surface area contributed by atoms with Gasteiger partial charge < -0.3 is 5.11 Å². The maximum absolute atomic E-state index is 11.4. The molecule has 22 heavy (non-hydrogen) atoms. The van der Waals surface area contributed by atoms with Gasteiger partial charge >= 0.3 is 5.97 Å². The van der Waals surface area contributed by atoms with Crippen molar-refractivity contribution in [2.24, 2.45) is 0 Å². The van der Waals surface area contributed by atoms with Crippen LogP contribution in [0, 0.1) is 0 Å². The van der Waals surface area contributed by atoms with E-state index in [1.807, 2.05) is 0 Å². The molecule has 1 atom stereocenters. The quantitative estimate of drug-likeness (QED) is 0.542. The largest absolute Gasteiger partial charge is 0.480 e. The van der Waals surface area contributed by atoms with Crippen LogP contribution in [0.3, 0.4) is 0 Å². The topological polar surface area (TPSA) is 77.9 Å². The normalized spacial score (nSPS) is 22.5. The van der Waals surface area contributed by atoms with Gasteiger partial charge in [-0.25, -0.2) is 0 Å². The highest BCUT2D eigenvalue weighted by molar-refractivity contribution is 6.12. The first-order valence-corrected chi connectivity index (χ1v) is 8.10. The van der Waals surface area contributed by atoms with Crippen LogP contribution in [0.25, 0.3) is 0 Å². The van der Waals surface area contributed by atoms with Crippen molar-refractivity contribution in [2.45, 2.75) is 51.0 Å². The lowest BCUT2D eigenvalue weighted by atomic mass is 10.0. The van der Waals surface area contributed by atoms with Crippen molar-refractivity contribution in [3.8, 4) is 0 Å². The molecule has 0 aliphatic carbocycles. The van der Waals surface area contributed by atoms with E-state index in [1.165, 1.54) is 17.1 Å². The van der Waals surface area contributed by atoms with Gasteiger partial charge in [-0.3, -0.25) is 24.2 Å². The van der Waals surface area contributed by atoms with Gasteiger partial charge in [-0.1, -0.05) is 19.3 Å². The van der Waals surface area contributed by atoms with E-state index in [0.29, 0.717) is 6.54 Å². The highest BCUT2D eigenvalue weighted by Gasteiger charge is 2.27. The minimum atomic E-state index is -0.710. The molecule has 1 fully saturated rings. The molecule has 1 N–H and O–H groups in total. The second-order valence-corrected chi connectivity index (χ2v) is 5.96. The minimum absolute atomic E-state index is 0.220. The van der Waals surface area contributed by atoms with Gasteiger partial charge in [0.05, 0.1) is 0 Å². The number of carbonyl (C=O) groups excluding carboxylic acids is 2. The van der Waals surface area contributed by atoms with E-state index < -0.39 is 5.97 Å². The van der Waals surface area contributed by atoms with E-state index >= 15 is 0 Å². The number of hydrogen-bond acceptors (Lipinski definition) is 4. The predicted octanol–water partition coefficient (Wildman–Crippen LogP) is 1.41. The zero-order valence-corrected chi connectivity index (χ0v) is 12.9. The Bertz CT molecular complexity index is 443. The molecule has 2 aliphatic heterocycles. The smallest absolute Gasteiger partial charge is 0.320 e. The molecule has 2 amide bonds. The Labute approximate surface area is 130 Å². The van der Waals surface area contributed by atoms with Gasteiger partial charge in [0, 0.05) is 18.7 Å². The highest BCUT2D eigenvalue weighted by Crippen LogP contribution is 2.18. The fourth-order valence-corrected chi connectivity index (χ4v) is 3.13. The number of carbonyl (C=O) groups is 3. The van der Waals surface area contributed by atoms with E-state index in [2.05, 4.69) is 4.90 Å². The Morgan fingerprint density at radius 2 is 1.68 bits per heavy atom. The van der Waals surface area contributed by atoms with Crippen molar-refractivity contribution in [2.75, 3.05) is 19.6 Å². The summed E-state index contributed by atoms with van der Waals surface area (Å²) in [4.78, 5) is 37.3. The minimum Gasteiger partial charge on any atom is -0.480 e. The lowest BCUT2D eigenvalue weighted by molar-refractivity contribution is -0.144. The number of nitrogens with zero attached hydrogens (tertiary/aromatic N) is 2. The lowest BCUT2D eigenvalue weighted by Crippen LogP contribution is -2.44. The number of carboxylic acid groups (broad SMARTS) is 1. The fourth-order valence-electron chi connectivity index (χ4n) is 3.13. The number of rotatable bonds is 8. The van der Waals surface area contributed by atoms with E-state index in [4.69, 9.17) is 0 Å². The summed E-state index contributed by atoms with van der Waals surface area (Å²) in [6.07, 6.45) is 9.16. The molecule has 2 aliphatic rings. The molecular weight excluding hydrogens is 284 g/mol. The van der Waals surface area contributed by atoms with Crippen LogP contribution in [0.4, 0.5) is 0 Å². The van der Waals surface area contributed by atoms with Crippen molar-refractivity contribution in [1.82, 2.24) is 9.80 Å². The molecule has 6 heteroatoms. The summed E-state index contributed by atoms with van der Waals surface area (Å²) in [6, 6.07) is -0.320. The van der Waals surface area contributed by atoms with Gasteiger partial charge in [-0.15, -0.1) is 0 Å². The Balaban J connectivity index is 1.58. The Morgan fingerprint density at radius 3 is 2.32 bits per heavy atom. The van der Waals surface area contributed by atoms with Crippen LogP contribution in [0.1, 0.15) is 44.9 Å². The zero-order valence-electron chi connectivity index (χ0n) is 12.9. The van der Waals surface area contributed by atoms with Gasteiger partial charge in [0.15, 0.2) is 0 Å². The molecule has 2 heterocycles. The summed E-state index contributed by atoms with van der Waals surface area (Å²) in [7, 11) is 0. The van der Waals surface area contributed by atoms with Gasteiger partial charge in [0.1, 0.15) is 6.04 Å². The number of piperidine rings is 1. The standard InChI is InChI=1S/C16H24N2O4/c19-14-8-9-15(20)18(14)12-5-2-1-4-10-17-11-6-3-7-13(17)16(21)22/h8-9,13H,1-7,10-12H2,(H,21,22). The Hall–Kier alpha value is -1.69. The van der Waals surface area contributed by atoms with Crippen LogP contribution in [-0.4, -0.2) is 58.4 Å². The summed E-state index contributed by atoms with van der Waals surface area (Å²) in [5, 5.41) is 9.20. The third-order valence-corrected chi connectivity index (χ3v) is 4.38. The van der Waals surface area contributed by atoms with Crippen LogP contribution in [0.2, 0.25) is 0 Å². The van der Waals surface area contributed by atoms with Crippen molar-refractivity contribution < 1.29 is 19.5 Å². The Morgan fingerprint density at radius 1 is 1.05 bits per heavy atom. The van der Waals surface area contributed by atoms with E-state index in [1.54, 1.807) is 0 Å². The first kappa shape index (κ1) is 16.7. The molecule has 0 aromatic heterocycles. The molecule has 122 valence electrons. The fraction of sp³-hybridized carbons (Fsp3) is 0.688. The molecular formula is C16H24N2O4. The number of hydrogen-bond donors (Lipinski definition) is 1. The molecule has 0 aromatic rings. The van der Waals surface area contributed by atoms with Crippen molar-refractivity contribution in [1.29, 1.82) is 0 Å². The van der Waals surface area contributed by atoms with Crippen molar-refractivity contribution >= 4 is 17.8 Å². The average Bonchev–Trinajstić information content (AvgIpc) is 2.82. The molecule has 1 saturated heterocycles. The summed E-state index contributed by atoms with van der Waals surface area (Å²) in [5.74, 6) is -1.15. The molecule has 1 unspecified atom stereocenters. The maximum atomic E-state index is 11.4. The van der Waals surface area contributed by atoms with Crippen LogP contribution < -0.4 is 0 Å². The molecule has 0 aromatic carbocycles. The molecule has 2 rings (SSSR count). The predicted molar refractivity (Wildman–Crippen MR) is 81.2 cm³/mol. The van der Waals surface area contributed by atoms with Crippen LogP contribution in [0.15, 0.2) is 12.2 Å². The van der Waals surface area contributed by atoms with E-state index in [9.17, 15) is 19.5 Å². The monoisotopic (exact) mass is 308 g/mol. The van der Waals surface area contributed by atoms with Crippen LogP contribution in [0.5, 0.6) is 0 Å². The zero-order chi connectivity index (χ0) is 15.9. The second kappa shape index (κ2) is 8.08. The molecule has 0 radical (unpaired) electrons. The third-order valence-electron chi connectivity index (χ3n) is 4.38. The number of unbranched alkanes of at least 4 members (excludes halogenated alkanes) is 3. The van der Waals surface area contributed by atoms with E-state index in [-0.39, 0.29) is 17.9 Å². The molecule has 0 spiro atoms. The van der Waals surface area contributed by atoms with Gasteiger partial charge in [0.2, 0.25) is 0 Å². The van der Waals surface area contributed by atoms with Gasteiger partial charge in [-0.2, -0.15) is 0 Å². The highest BCUT2D eigenvalue weighted by atomic mass is 16.4. The molecule has 6 nitrogen and oxygen atoms in total. The second-order valence-electron chi connectivity index (χ2n) is 5.96. The van der Waals surface area contributed by atoms with E-state index in [0.717, 1.165) is 58.0 Å². The Kier molecular flexibility index (Phi) is 6.12. The summed E-state index contributed by atoms with van der Waals surface area (Å²) in [5.41, 5.74) is 0. The first-order valence-electron chi connectivity index (χ1n) is 8.10. The van der Waals surface area contributed by atoms with Gasteiger partial charge in [0.25, 0.3) is 11.8 Å². The first-order chi connectivity index (χ1) is 10.6. The summed E-state index contributed by atoms with van der Waals surface area (Å²) < 4.78 is 0. The average molecular weight is 308 g/mol. The lowest BCUT2D eigenvalue weighted by Gasteiger charge is -2.32. The van der Waals surface area contributed by atoms with Crippen LogP contribution in [-0.2, 0) is 14.4 Å². The van der Waals surface area contributed by atoms with Gasteiger partial charge in [-0.05, 0) is 38.8 Å². The number of imide groups is 1. The van der Waals surface area contributed by atoms with Crippen molar-refractivity contribution in [3.05, 3.63) is 12.2 Å². The molecule has 0 saturated carbocycles. The van der Waals surface area contributed by atoms with Crippen LogP contribution >= 0.6 is 0 Å². The summed E-state index contributed by atoms with van der Waals surface area (Å²) in [6.45, 7) is 2.17. The third kappa shape index (κ3) is 4.40. The number of aliphatic carboxylic acids is 1. The number of amides is 2. The molecule has 0 bridgehead atoms. The maximum Gasteiger partial charge on any atom is 0.320 e. The number of likely N-dealkylation sites (tertiary alicyclic amines) is 1. The number of carboxylic acids is 1. The van der Waals surface area contributed by atoms with Crippen molar-refractivity contribution in [3.63, 3.8) is 0 Å². The SMILES string of the molecule is O=C(O)C1CCCCN1CCCCCCN1C(=O)C=CC1=O.